The molecule has 0 heterocycles. The van der Waals surface area contributed by atoms with E-state index < -0.39 is 0 Å². The molecule has 2 atom stereocenters. The van der Waals surface area contributed by atoms with Gasteiger partial charge in [0, 0.05) is 6.04 Å². The highest BCUT2D eigenvalue weighted by Gasteiger charge is 2.10. The largest absolute Gasteiger partial charge is 0.392 e. The van der Waals surface area contributed by atoms with Gasteiger partial charge in [-0.3, -0.25) is 0 Å². The van der Waals surface area contributed by atoms with Gasteiger partial charge >= 0.3 is 0 Å². The first-order chi connectivity index (χ1) is 5.22. The highest BCUT2D eigenvalue weighted by molar-refractivity contribution is 4.69. The smallest absolute Gasteiger partial charge is 0.0688 e. The van der Waals surface area contributed by atoms with Crippen molar-refractivity contribution in [1.29, 1.82) is 0 Å². The Bertz CT molecular complexity index is 85.6. The minimum Gasteiger partial charge on any atom is -0.392 e. The van der Waals surface area contributed by atoms with Gasteiger partial charge in [0.15, 0.2) is 0 Å². The molecule has 0 aromatic carbocycles. The van der Waals surface area contributed by atoms with Crippen LogP contribution in [0.5, 0.6) is 0 Å². The zero-order valence-electron chi connectivity index (χ0n) is 7.71. The Morgan fingerprint density at radius 2 is 1.91 bits per heavy atom. The fourth-order valence-corrected chi connectivity index (χ4v) is 1.13. The first-order valence-corrected chi connectivity index (χ1v) is 4.66. The molecule has 68 valence electrons. The topological polar surface area (TPSA) is 46.2 Å². The Kier molecular flexibility index (Phi) is 6.57. The van der Waals surface area contributed by atoms with Crippen molar-refractivity contribution in [3.8, 4) is 0 Å². The van der Waals surface area contributed by atoms with Crippen molar-refractivity contribution in [2.75, 3.05) is 0 Å². The SMILES string of the molecule is CCCCCC(N)C(O)CC. The number of nitrogens with two attached hydrogens (primary N) is 1. The molecule has 0 saturated heterocycles. The molecule has 0 aromatic rings. The lowest BCUT2D eigenvalue weighted by molar-refractivity contribution is 0.135. The van der Waals surface area contributed by atoms with Gasteiger partial charge in [0.05, 0.1) is 6.10 Å². The second-order valence-corrected chi connectivity index (χ2v) is 3.14. The van der Waals surface area contributed by atoms with Crippen molar-refractivity contribution >= 4 is 0 Å². The van der Waals surface area contributed by atoms with Crippen LogP contribution in [0.15, 0.2) is 0 Å². The molecule has 0 spiro atoms. The van der Waals surface area contributed by atoms with E-state index in [1.54, 1.807) is 0 Å². The maximum Gasteiger partial charge on any atom is 0.0688 e. The molecule has 0 aromatic heterocycles. The molecule has 0 aliphatic heterocycles. The molecule has 2 unspecified atom stereocenters. The number of aliphatic hydroxyl groups excluding tert-OH is 1. The van der Waals surface area contributed by atoms with Crippen molar-refractivity contribution < 1.29 is 5.11 Å². The Labute approximate surface area is 69.8 Å². The number of aliphatic hydroxyl groups is 1. The highest BCUT2D eigenvalue weighted by atomic mass is 16.3. The van der Waals surface area contributed by atoms with Gasteiger partial charge < -0.3 is 10.8 Å². The van der Waals surface area contributed by atoms with Crippen LogP contribution in [0.3, 0.4) is 0 Å². The van der Waals surface area contributed by atoms with Crippen molar-refractivity contribution in [2.24, 2.45) is 5.73 Å². The second-order valence-electron chi connectivity index (χ2n) is 3.14. The number of hydrogen-bond donors (Lipinski definition) is 2. The van der Waals surface area contributed by atoms with Gasteiger partial charge in [-0.15, -0.1) is 0 Å². The van der Waals surface area contributed by atoms with Gasteiger partial charge in [0.1, 0.15) is 0 Å². The van der Waals surface area contributed by atoms with Crippen molar-refractivity contribution in [3.63, 3.8) is 0 Å². The van der Waals surface area contributed by atoms with Crippen LogP contribution in [-0.2, 0) is 0 Å². The van der Waals surface area contributed by atoms with Crippen molar-refractivity contribution in [1.82, 2.24) is 0 Å². The van der Waals surface area contributed by atoms with E-state index in [9.17, 15) is 5.11 Å². The summed E-state index contributed by atoms with van der Waals surface area (Å²) in [6.45, 7) is 4.13. The number of unbranched alkanes of at least 4 members (excludes halogenated alkanes) is 2. The van der Waals surface area contributed by atoms with E-state index in [0.717, 1.165) is 19.3 Å². The first kappa shape index (κ1) is 10.9. The molecular weight excluding hydrogens is 138 g/mol. The third-order valence-corrected chi connectivity index (χ3v) is 2.05. The van der Waals surface area contributed by atoms with Crippen LogP contribution in [0, 0.1) is 0 Å². The van der Waals surface area contributed by atoms with Gasteiger partial charge in [-0.1, -0.05) is 33.1 Å². The third-order valence-electron chi connectivity index (χ3n) is 2.05. The van der Waals surface area contributed by atoms with E-state index in [1.165, 1.54) is 12.8 Å². The van der Waals surface area contributed by atoms with Crippen LogP contribution in [0.1, 0.15) is 46.0 Å². The van der Waals surface area contributed by atoms with Crippen molar-refractivity contribution in [2.45, 2.75) is 58.1 Å². The zero-order valence-corrected chi connectivity index (χ0v) is 7.71. The van der Waals surface area contributed by atoms with Crippen LogP contribution in [0.4, 0.5) is 0 Å². The van der Waals surface area contributed by atoms with Gasteiger partial charge in [0.25, 0.3) is 0 Å². The average molecular weight is 159 g/mol. The standard InChI is InChI=1S/C9H21NO/c1-3-5-6-7-8(10)9(11)4-2/h8-9,11H,3-7,10H2,1-2H3. The Morgan fingerprint density at radius 1 is 1.27 bits per heavy atom. The van der Waals surface area contributed by atoms with Crippen LogP contribution in [0.2, 0.25) is 0 Å². The van der Waals surface area contributed by atoms with E-state index in [0.29, 0.717) is 0 Å². The van der Waals surface area contributed by atoms with Crippen LogP contribution in [-0.4, -0.2) is 17.3 Å². The highest BCUT2D eigenvalue weighted by Crippen LogP contribution is 2.06. The van der Waals surface area contributed by atoms with Crippen LogP contribution < -0.4 is 5.73 Å². The molecule has 2 heteroatoms. The maximum atomic E-state index is 9.30. The quantitative estimate of drug-likeness (QED) is 0.579. The zero-order chi connectivity index (χ0) is 8.69. The fraction of sp³-hybridized carbons (Fsp3) is 1.00. The molecule has 0 bridgehead atoms. The van der Waals surface area contributed by atoms with Crippen LogP contribution >= 0.6 is 0 Å². The lowest BCUT2D eigenvalue weighted by Crippen LogP contribution is -2.33. The minimum atomic E-state index is -0.299. The lowest BCUT2D eigenvalue weighted by Gasteiger charge is -2.16. The van der Waals surface area contributed by atoms with E-state index in [-0.39, 0.29) is 12.1 Å². The van der Waals surface area contributed by atoms with Gasteiger partial charge in [-0.2, -0.15) is 0 Å². The Hall–Kier alpha value is -0.0800. The second kappa shape index (κ2) is 6.62. The predicted octanol–water partition coefficient (Wildman–Crippen LogP) is 1.66. The molecule has 0 amide bonds. The summed E-state index contributed by atoms with van der Waals surface area (Å²) in [6, 6.07) is -0.00782. The predicted molar refractivity (Wildman–Crippen MR) is 48.4 cm³/mol. The number of rotatable bonds is 6. The Balaban J connectivity index is 3.28. The van der Waals surface area contributed by atoms with Crippen LogP contribution in [0.25, 0.3) is 0 Å². The summed E-state index contributed by atoms with van der Waals surface area (Å²) < 4.78 is 0. The van der Waals surface area contributed by atoms with E-state index in [1.807, 2.05) is 6.92 Å². The molecule has 11 heavy (non-hydrogen) atoms. The summed E-state index contributed by atoms with van der Waals surface area (Å²) >= 11 is 0. The Morgan fingerprint density at radius 3 is 2.36 bits per heavy atom. The molecule has 0 radical (unpaired) electrons. The maximum absolute atomic E-state index is 9.30. The van der Waals surface area contributed by atoms with Gasteiger partial charge in [0.2, 0.25) is 0 Å². The monoisotopic (exact) mass is 159 g/mol. The molecular formula is C9H21NO. The summed E-state index contributed by atoms with van der Waals surface area (Å²) in [4.78, 5) is 0. The molecule has 0 rings (SSSR count). The van der Waals surface area contributed by atoms with Crippen molar-refractivity contribution in [3.05, 3.63) is 0 Å². The van der Waals surface area contributed by atoms with E-state index >= 15 is 0 Å². The summed E-state index contributed by atoms with van der Waals surface area (Å²) in [5, 5.41) is 9.30. The van der Waals surface area contributed by atoms with Gasteiger partial charge in [-0.25, -0.2) is 0 Å². The molecule has 3 N–H and O–H groups in total. The summed E-state index contributed by atoms with van der Waals surface area (Å²) in [5.74, 6) is 0. The summed E-state index contributed by atoms with van der Waals surface area (Å²) in [6.07, 6.45) is 5.02. The number of hydrogen-bond acceptors (Lipinski definition) is 2. The van der Waals surface area contributed by atoms with E-state index in [2.05, 4.69) is 6.92 Å². The van der Waals surface area contributed by atoms with Gasteiger partial charge in [-0.05, 0) is 12.8 Å². The average Bonchev–Trinajstić information content (AvgIpc) is 2.03. The molecule has 0 fully saturated rings. The molecule has 0 saturated carbocycles. The lowest BCUT2D eigenvalue weighted by atomic mass is 10.0. The normalized spacial score (nSPS) is 16.4. The molecule has 2 nitrogen and oxygen atoms in total. The fourth-order valence-electron chi connectivity index (χ4n) is 1.13. The minimum absolute atomic E-state index is 0.00782. The summed E-state index contributed by atoms with van der Waals surface area (Å²) in [7, 11) is 0. The molecule has 0 aliphatic carbocycles. The first-order valence-electron chi connectivity index (χ1n) is 4.66. The van der Waals surface area contributed by atoms with E-state index in [4.69, 9.17) is 5.73 Å². The summed E-state index contributed by atoms with van der Waals surface area (Å²) in [5.41, 5.74) is 5.72. The third kappa shape index (κ3) is 5.22. The molecule has 0 aliphatic rings.